The standard InChI is InChI=1S/C14H18O/c1-9-8-12-10-4-6-11(7-5-10)14(2,3)13(12)15-9/h4,6,8,10-11H,5,7H2,1-3H3/t10-,11+/m1/s1. The molecule has 1 nitrogen and oxygen atoms in total. The molecular formula is C14H18O. The monoisotopic (exact) mass is 202 g/mol. The maximum atomic E-state index is 5.94. The van der Waals surface area contributed by atoms with E-state index in [4.69, 9.17) is 4.42 Å². The van der Waals surface area contributed by atoms with Crippen LogP contribution < -0.4 is 0 Å². The van der Waals surface area contributed by atoms with E-state index in [1.54, 1.807) is 0 Å². The lowest BCUT2D eigenvalue weighted by Crippen LogP contribution is -2.26. The summed E-state index contributed by atoms with van der Waals surface area (Å²) in [4.78, 5) is 0. The van der Waals surface area contributed by atoms with E-state index in [9.17, 15) is 0 Å². The molecule has 0 saturated heterocycles. The van der Waals surface area contributed by atoms with Gasteiger partial charge < -0.3 is 4.42 Å². The van der Waals surface area contributed by atoms with E-state index in [1.807, 2.05) is 0 Å². The maximum Gasteiger partial charge on any atom is 0.114 e. The van der Waals surface area contributed by atoms with Crippen LogP contribution in [0.25, 0.3) is 0 Å². The minimum absolute atomic E-state index is 0.172. The highest BCUT2D eigenvalue weighted by atomic mass is 16.3. The smallest absolute Gasteiger partial charge is 0.114 e. The molecule has 0 unspecified atom stereocenters. The minimum Gasteiger partial charge on any atom is -0.465 e. The topological polar surface area (TPSA) is 13.1 Å². The molecule has 1 aromatic rings. The summed E-state index contributed by atoms with van der Waals surface area (Å²) >= 11 is 0. The summed E-state index contributed by atoms with van der Waals surface area (Å²) in [7, 11) is 0. The molecule has 2 bridgehead atoms. The van der Waals surface area contributed by atoms with Gasteiger partial charge in [0.1, 0.15) is 11.5 Å². The average Bonchev–Trinajstić information content (AvgIpc) is 2.55. The minimum atomic E-state index is 0.172. The van der Waals surface area contributed by atoms with Crippen LogP contribution in [0.4, 0.5) is 0 Å². The number of hydrogen-bond acceptors (Lipinski definition) is 1. The molecule has 4 rings (SSSR count). The SMILES string of the molecule is Cc1cc2c(o1)C(C)(C)[C@H]1C=C[C@@H]2CC1. The molecule has 3 aliphatic carbocycles. The predicted octanol–water partition coefficient (Wildman–Crippen LogP) is 3.93. The fraction of sp³-hybridized carbons (Fsp3) is 0.571. The normalized spacial score (nSPS) is 31.4. The Balaban J connectivity index is 2.25. The Labute approximate surface area is 91.2 Å². The molecule has 0 saturated carbocycles. The fourth-order valence-corrected chi connectivity index (χ4v) is 3.16. The van der Waals surface area contributed by atoms with Crippen LogP contribution in [-0.4, -0.2) is 0 Å². The lowest BCUT2D eigenvalue weighted by molar-refractivity contribution is 0.292. The second-order valence-electron chi connectivity index (χ2n) is 5.54. The fourth-order valence-electron chi connectivity index (χ4n) is 3.16. The van der Waals surface area contributed by atoms with Crippen LogP contribution in [0.1, 0.15) is 49.7 Å². The molecule has 0 radical (unpaired) electrons. The van der Waals surface area contributed by atoms with Crippen molar-refractivity contribution in [2.24, 2.45) is 5.92 Å². The second kappa shape index (κ2) is 2.78. The van der Waals surface area contributed by atoms with Gasteiger partial charge >= 0.3 is 0 Å². The van der Waals surface area contributed by atoms with Crippen molar-refractivity contribution in [1.29, 1.82) is 0 Å². The summed E-state index contributed by atoms with van der Waals surface area (Å²) in [5.41, 5.74) is 1.61. The second-order valence-corrected chi connectivity index (χ2v) is 5.54. The van der Waals surface area contributed by atoms with E-state index in [-0.39, 0.29) is 5.41 Å². The van der Waals surface area contributed by atoms with Crippen molar-refractivity contribution in [2.45, 2.75) is 44.9 Å². The van der Waals surface area contributed by atoms with E-state index in [1.165, 1.54) is 24.2 Å². The molecule has 3 aliphatic rings. The van der Waals surface area contributed by atoms with Crippen LogP contribution in [0.3, 0.4) is 0 Å². The first-order chi connectivity index (χ1) is 7.09. The lowest BCUT2D eigenvalue weighted by Gasteiger charge is -2.30. The van der Waals surface area contributed by atoms with E-state index < -0.39 is 0 Å². The summed E-state index contributed by atoms with van der Waals surface area (Å²) in [5.74, 6) is 3.56. The molecule has 0 aromatic carbocycles. The van der Waals surface area contributed by atoms with Crippen molar-refractivity contribution < 1.29 is 4.42 Å². The van der Waals surface area contributed by atoms with Gasteiger partial charge in [-0.3, -0.25) is 0 Å². The van der Waals surface area contributed by atoms with Gasteiger partial charge in [0.25, 0.3) is 0 Å². The molecule has 1 heterocycles. The molecular weight excluding hydrogens is 184 g/mol. The van der Waals surface area contributed by atoms with Gasteiger partial charge in [-0.1, -0.05) is 26.0 Å². The molecule has 15 heavy (non-hydrogen) atoms. The molecule has 0 N–H and O–H groups in total. The van der Waals surface area contributed by atoms with E-state index in [0.29, 0.717) is 11.8 Å². The third-order valence-electron chi connectivity index (χ3n) is 4.16. The summed E-state index contributed by atoms with van der Waals surface area (Å²) in [6.45, 7) is 6.69. The zero-order chi connectivity index (χ0) is 10.6. The number of hydrogen-bond donors (Lipinski definition) is 0. The average molecular weight is 202 g/mol. The Bertz CT molecular complexity index is 423. The molecule has 0 aliphatic heterocycles. The van der Waals surface area contributed by atoms with Crippen LogP contribution in [0.15, 0.2) is 22.6 Å². The highest BCUT2D eigenvalue weighted by molar-refractivity contribution is 5.39. The third-order valence-corrected chi connectivity index (χ3v) is 4.16. The van der Waals surface area contributed by atoms with Gasteiger partial charge in [-0.15, -0.1) is 0 Å². The number of rotatable bonds is 0. The molecule has 2 atom stereocenters. The Morgan fingerprint density at radius 2 is 2.07 bits per heavy atom. The van der Waals surface area contributed by atoms with Gasteiger partial charge in [0, 0.05) is 16.9 Å². The maximum absolute atomic E-state index is 5.94. The van der Waals surface area contributed by atoms with Crippen LogP contribution in [0.5, 0.6) is 0 Å². The zero-order valence-electron chi connectivity index (χ0n) is 9.71. The van der Waals surface area contributed by atoms with Crippen LogP contribution >= 0.6 is 0 Å². The van der Waals surface area contributed by atoms with Gasteiger partial charge in [0.05, 0.1) is 0 Å². The summed E-state index contributed by atoms with van der Waals surface area (Å²) in [6.07, 6.45) is 7.38. The van der Waals surface area contributed by atoms with Crippen LogP contribution in [0, 0.1) is 12.8 Å². The van der Waals surface area contributed by atoms with Crippen molar-refractivity contribution in [1.82, 2.24) is 0 Å². The van der Waals surface area contributed by atoms with Gasteiger partial charge in [-0.25, -0.2) is 0 Å². The van der Waals surface area contributed by atoms with E-state index in [2.05, 4.69) is 39.0 Å². The molecule has 0 spiro atoms. The Hall–Kier alpha value is -0.980. The number of furan rings is 1. The summed E-state index contributed by atoms with van der Waals surface area (Å²) in [5, 5.41) is 0. The van der Waals surface area contributed by atoms with Crippen LogP contribution in [-0.2, 0) is 5.41 Å². The summed E-state index contributed by atoms with van der Waals surface area (Å²) in [6, 6.07) is 2.24. The largest absolute Gasteiger partial charge is 0.465 e. The summed E-state index contributed by atoms with van der Waals surface area (Å²) < 4.78 is 5.94. The van der Waals surface area contributed by atoms with Crippen molar-refractivity contribution >= 4 is 0 Å². The first kappa shape index (κ1) is 9.26. The Morgan fingerprint density at radius 3 is 2.73 bits per heavy atom. The van der Waals surface area contributed by atoms with E-state index >= 15 is 0 Å². The first-order valence-corrected chi connectivity index (χ1v) is 5.88. The lowest BCUT2D eigenvalue weighted by atomic mass is 9.75. The number of aryl methyl sites for hydroxylation is 1. The van der Waals surface area contributed by atoms with Crippen molar-refractivity contribution in [2.75, 3.05) is 0 Å². The highest BCUT2D eigenvalue weighted by Gasteiger charge is 2.41. The molecule has 1 aromatic heterocycles. The Morgan fingerprint density at radius 1 is 1.27 bits per heavy atom. The van der Waals surface area contributed by atoms with Gasteiger partial charge in [0.2, 0.25) is 0 Å². The Kier molecular flexibility index (Phi) is 1.72. The van der Waals surface area contributed by atoms with Gasteiger partial charge in [0.15, 0.2) is 0 Å². The van der Waals surface area contributed by atoms with Crippen molar-refractivity contribution in [3.8, 4) is 0 Å². The molecule has 0 fully saturated rings. The molecule has 80 valence electrons. The van der Waals surface area contributed by atoms with Crippen molar-refractivity contribution in [3.05, 3.63) is 35.3 Å². The number of fused-ring (bicyclic) bond motifs is 1. The van der Waals surface area contributed by atoms with Gasteiger partial charge in [-0.05, 0) is 31.7 Å². The molecule has 1 heteroatoms. The van der Waals surface area contributed by atoms with Gasteiger partial charge in [-0.2, -0.15) is 0 Å². The predicted molar refractivity (Wildman–Crippen MR) is 61.1 cm³/mol. The van der Waals surface area contributed by atoms with Crippen LogP contribution in [0.2, 0.25) is 0 Å². The zero-order valence-corrected chi connectivity index (χ0v) is 9.71. The highest BCUT2D eigenvalue weighted by Crippen LogP contribution is 2.49. The quantitative estimate of drug-likeness (QED) is 0.581. The first-order valence-electron chi connectivity index (χ1n) is 5.88. The molecule has 0 amide bonds. The van der Waals surface area contributed by atoms with E-state index in [0.717, 1.165) is 5.76 Å². The number of allylic oxidation sites excluding steroid dienone is 2. The third kappa shape index (κ3) is 1.15. The van der Waals surface area contributed by atoms with Crippen molar-refractivity contribution in [3.63, 3.8) is 0 Å².